The Morgan fingerprint density at radius 1 is 1.24 bits per heavy atom. The maximum absolute atomic E-state index is 12.2. The third-order valence-corrected chi connectivity index (χ3v) is 3.33. The summed E-state index contributed by atoms with van der Waals surface area (Å²) in [6, 6.07) is 3.36. The van der Waals surface area contributed by atoms with Gasteiger partial charge in [0, 0.05) is 17.5 Å². The average molecular weight is 344 g/mol. The van der Waals surface area contributed by atoms with Gasteiger partial charge in [-0.3, -0.25) is 4.79 Å². The number of carbonyl (C=O) groups is 2. The molecule has 130 valence electrons. The summed E-state index contributed by atoms with van der Waals surface area (Å²) in [4.78, 5) is 32.4. The van der Waals surface area contributed by atoms with E-state index in [9.17, 15) is 9.59 Å². The van der Waals surface area contributed by atoms with E-state index in [-0.39, 0.29) is 11.6 Å². The van der Waals surface area contributed by atoms with Crippen molar-refractivity contribution in [1.29, 1.82) is 0 Å². The van der Waals surface area contributed by atoms with Crippen LogP contribution in [-0.2, 0) is 9.53 Å². The van der Waals surface area contributed by atoms with Crippen molar-refractivity contribution in [1.82, 2.24) is 24.7 Å². The lowest BCUT2D eigenvalue weighted by Gasteiger charge is -2.10. The minimum absolute atomic E-state index is 0.168. The number of aromatic nitrogens is 5. The predicted molar refractivity (Wildman–Crippen MR) is 85.0 cm³/mol. The number of aryl methyl sites for hydroxylation is 3. The number of nitrogens with zero attached hydrogens (tertiary/aromatic N) is 5. The molecule has 0 aliphatic rings. The Morgan fingerprint density at radius 2 is 2.00 bits per heavy atom. The number of fused-ring (bicyclic) bond motifs is 1. The fraction of sp³-hybridized carbons (Fsp3) is 0.333. The molecule has 0 aliphatic heterocycles. The Balaban J connectivity index is 1.71. The molecule has 0 spiro atoms. The van der Waals surface area contributed by atoms with Crippen LogP contribution in [0.2, 0.25) is 0 Å². The first-order valence-electron chi connectivity index (χ1n) is 7.49. The first-order valence-corrected chi connectivity index (χ1v) is 7.49. The molecule has 0 saturated carbocycles. The number of rotatable bonds is 4. The van der Waals surface area contributed by atoms with Crippen molar-refractivity contribution >= 4 is 23.5 Å². The fourth-order valence-electron chi connectivity index (χ4n) is 2.17. The number of carbonyl (C=O) groups excluding carboxylic acids is 2. The first kappa shape index (κ1) is 16.6. The molecule has 10 nitrogen and oxygen atoms in total. The molecule has 10 heteroatoms. The van der Waals surface area contributed by atoms with Crippen molar-refractivity contribution < 1.29 is 18.8 Å². The number of hydrogen-bond donors (Lipinski definition) is 1. The zero-order chi connectivity index (χ0) is 18.1. The second-order valence-corrected chi connectivity index (χ2v) is 5.55. The lowest BCUT2D eigenvalue weighted by atomic mass is 10.3. The summed E-state index contributed by atoms with van der Waals surface area (Å²) in [7, 11) is 0. The van der Waals surface area contributed by atoms with Crippen LogP contribution >= 0.6 is 0 Å². The van der Waals surface area contributed by atoms with Crippen LogP contribution in [0.4, 0.5) is 5.82 Å². The summed E-state index contributed by atoms with van der Waals surface area (Å²) in [5.74, 6) is -0.451. The Labute approximate surface area is 142 Å². The smallest absolute Gasteiger partial charge is 0.379 e. The van der Waals surface area contributed by atoms with Gasteiger partial charge in [-0.2, -0.15) is 4.98 Å². The van der Waals surface area contributed by atoms with Gasteiger partial charge in [0.15, 0.2) is 11.9 Å². The second kappa shape index (κ2) is 6.30. The van der Waals surface area contributed by atoms with Crippen LogP contribution in [-0.4, -0.2) is 42.7 Å². The molecule has 1 atom stereocenters. The van der Waals surface area contributed by atoms with E-state index in [0.29, 0.717) is 11.5 Å². The highest BCUT2D eigenvalue weighted by molar-refractivity contribution is 5.95. The molecule has 0 aromatic carbocycles. The lowest BCUT2D eigenvalue weighted by Crippen LogP contribution is -2.30. The van der Waals surface area contributed by atoms with E-state index in [1.165, 1.54) is 11.4 Å². The number of ether oxygens (including phenoxy) is 1. The zero-order valence-electron chi connectivity index (χ0n) is 14.1. The van der Waals surface area contributed by atoms with Crippen LogP contribution < -0.4 is 5.32 Å². The van der Waals surface area contributed by atoms with Crippen molar-refractivity contribution in [2.75, 3.05) is 5.32 Å². The molecule has 0 saturated heterocycles. The van der Waals surface area contributed by atoms with Crippen LogP contribution in [0.5, 0.6) is 0 Å². The van der Waals surface area contributed by atoms with Gasteiger partial charge in [0.25, 0.3) is 17.5 Å². The van der Waals surface area contributed by atoms with Crippen molar-refractivity contribution in [3.8, 4) is 0 Å². The highest BCUT2D eigenvalue weighted by atomic mass is 16.5. The third-order valence-electron chi connectivity index (χ3n) is 3.33. The Morgan fingerprint density at radius 3 is 2.68 bits per heavy atom. The van der Waals surface area contributed by atoms with E-state index in [1.807, 2.05) is 19.9 Å². The highest BCUT2D eigenvalue weighted by Gasteiger charge is 2.23. The molecule has 1 unspecified atom stereocenters. The molecule has 0 aliphatic carbocycles. The predicted octanol–water partition coefficient (Wildman–Crippen LogP) is 1.22. The highest BCUT2D eigenvalue weighted by Crippen LogP contribution is 2.10. The molecule has 0 radical (unpaired) electrons. The topological polar surface area (TPSA) is 125 Å². The van der Waals surface area contributed by atoms with Gasteiger partial charge in [-0.25, -0.2) is 14.3 Å². The van der Waals surface area contributed by atoms with E-state index in [1.54, 1.807) is 13.0 Å². The van der Waals surface area contributed by atoms with Gasteiger partial charge in [0.2, 0.25) is 0 Å². The van der Waals surface area contributed by atoms with E-state index >= 15 is 0 Å². The SMILES string of the molecule is Cc1cc(C)n2nc(C(=O)OC(C)C(=O)Nc3cc(C)on3)nc2n1. The number of esters is 1. The largest absolute Gasteiger partial charge is 0.447 e. The third kappa shape index (κ3) is 3.47. The average Bonchev–Trinajstić information content (AvgIpc) is 3.13. The van der Waals surface area contributed by atoms with Gasteiger partial charge < -0.3 is 14.6 Å². The van der Waals surface area contributed by atoms with Crippen LogP contribution in [0.1, 0.15) is 34.7 Å². The van der Waals surface area contributed by atoms with Crippen LogP contribution in [0.3, 0.4) is 0 Å². The van der Waals surface area contributed by atoms with Gasteiger partial charge in [0.05, 0.1) is 0 Å². The minimum atomic E-state index is -1.06. The van der Waals surface area contributed by atoms with E-state index in [2.05, 4.69) is 25.5 Å². The molecule has 3 rings (SSSR count). The number of hydrogen-bond acceptors (Lipinski definition) is 8. The van der Waals surface area contributed by atoms with Crippen molar-refractivity contribution in [2.45, 2.75) is 33.8 Å². The van der Waals surface area contributed by atoms with Gasteiger partial charge in [0.1, 0.15) is 5.76 Å². The van der Waals surface area contributed by atoms with Gasteiger partial charge in [-0.05, 0) is 33.8 Å². The molecular formula is C15H16N6O4. The van der Waals surface area contributed by atoms with Crippen LogP contribution in [0.25, 0.3) is 5.78 Å². The summed E-state index contributed by atoms with van der Waals surface area (Å²) in [5, 5.41) is 10.2. The second-order valence-electron chi connectivity index (χ2n) is 5.55. The van der Waals surface area contributed by atoms with E-state index < -0.39 is 18.0 Å². The van der Waals surface area contributed by atoms with E-state index in [0.717, 1.165) is 11.4 Å². The van der Waals surface area contributed by atoms with Gasteiger partial charge in [-0.1, -0.05) is 5.16 Å². The molecule has 25 heavy (non-hydrogen) atoms. The lowest BCUT2D eigenvalue weighted by molar-refractivity contribution is -0.123. The molecule has 1 N–H and O–H groups in total. The van der Waals surface area contributed by atoms with Crippen molar-refractivity contribution in [3.63, 3.8) is 0 Å². The normalized spacial score (nSPS) is 12.2. The van der Waals surface area contributed by atoms with Crippen LogP contribution in [0, 0.1) is 20.8 Å². The Hall–Kier alpha value is -3.30. The van der Waals surface area contributed by atoms with Crippen molar-refractivity contribution in [2.24, 2.45) is 0 Å². The monoisotopic (exact) mass is 344 g/mol. The number of anilines is 1. The van der Waals surface area contributed by atoms with E-state index in [4.69, 9.17) is 9.26 Å². The minimum Gasteiger partial charge on any atom is -0.447 e. The maximum atomic E-state index is 12.2. The summed E-state index contributed by atoms with van der Waals surface area (Å²) in [6.45, 7) is 6.77. The molecule has 3 aromatic heterocycles. The zero-order valence-corrected chi connectivity index (χ0v) is 14.1. The van der Waals surface area contributed by atoms with Gasteiger partial charge in [-0.15, -0.1) is 5.10 Å². The quantitative estimate of drug-likeness (QED) is 0.700. The molecule has 0 fully saturated rings. The number of amides is 1. The summed E-state index contributed by atoms with van der Waals surface area (Å²) >= 11 is 0. The molecule has 3 aromatic rings. The molecule has 1 amide bonds. The summed E-state index contributed by atoms with van der Waals surface area (Å²) in [5.41, 5.74) is 1.54. The van der Waals surface area contributed by atoms with Gasteiger partial charge >= 0.3 is 5.97 Å². The fourth-order valence-corrected chi connectivity index (χ4v) is 2.17. The Kier molecular flexibility index (Phi) is 4.17. The van der Waals surface area contributed by atoms with Crippen molar-refractivity contribution in [3.05, 3.63) is 35.1 Å². The number of nitrogens with one attached hydrogen (secondary N) is 1. The standard InChI is InChI=1S/C15H16N6O4/c1-7-5-8(2)21-15(16-7)18-12(19-21)14(23)24-10(4)13(22)17-11-6-9(3)25-20-11/h5-6,10H,1-4H3,(H,17,20,22). The molecule has 3 heterocycles. The molecule has 0 bridgehead atoms. The maximum Gasteiger partial charge on any atom is 0.379 e. The Bertz CT molecular complexity index is 960. The molecular weight excluding hydrogens is 328 g/mol. The first-order chi connectivity index (χ1) is 11.8. The summed E-state index contributed by atoms with van der Waals surface area (Å²) in [6.07, 6.45) is -1.06. The summed E-state index contributed by atoms with van der Waals surface area (Å²) < 4.78 is 11.4. The van der Waals surface area contributed by atoms with Crippen LogP contribution in [0.15, 0.2) is 16.7 Å².